The second-order valence-corrected chi connectivity index (χ2v) is 7.01. The highest BCUT2D eigenvalue weighted by Crippen LogP contribution is 2.35. The minimum Gasteiger partial charge on any atom is -0.386 e. The van der Waals surface area contributed by atoms with E-state index in [-0.39, 0.29) is 5.41 Å². The molecular weight excluding hydrogens is 230 g/mol. The average Bonchev–Trinajstić information content (AvgIpc) is 2.57. The van der Waals surface area contributed by atoms with Gasteiger partial charge in [0.15, 0.2) is 0 Å². The Labute approximate surface area is 106 Å². The molecule has 0 bridgehead atoms. The van der Waals surface area contributed by atoms with E-state index in [1.807, 2.05) is 12.1 Å². The first-order valence-electron chi connectivity index (χ1n) is 5.82. The van der Waals surface area contributed by atoms with E-state index in [2.05, 4.69) is 26.8 Å². The number of para-hydroxylation sites is 1. The van der Waals surface area contributed by atoms with Gasteiger partial charge in [0.25, 0.3) is 0 Å². The quantitative estimate of drug-likeness (QED) is 0.833. The zero-order valence-electron chi connectivity index (χ0n) is 11.0. The molecule has 0 unspecified atom stereocenters. The molecule has 0 saturated carbocycles. The first kappa shape index (κ1) is 12.5. The van der Waals surface area contributed by atoms with Gasteiger partial charge in [-0.15, -0.1) is 11.3 Å². The number of benzene rings is 1. The Morgan fingerprint density at radius 2 is 1.76 bits per heavy atom. The Balaban J connectivity index is 2.70. The highest BCUT2D eigenvalue weighted by atomic mass is 32.1. The molecule has 92 valence electrons. The number of rotatable bonds is 1. The van der Waals surface area contributed by atoms with Crippen molar-refractivity contribution in [3.05, 3.63) is 28.8 Å². The molecule has 1 aromatic carbocycles. The molecule has 2 aromatic rings. The van der Waals surface area contributed by atoms with Crippen LogP contribution in [0, 0.1) is 0 Å². The van der Waals surface area contributed by atoms with Crippen molar-refractivity contribution in [2.75, 3.05) is 0 Å². The summed E-state index contributed by atoms with van der Waals surface area (Å²) in [4.78, 5) is 4.71. The van der Waals surface area contributed by atoms with Gasteiger partial charge >= 0.3 is 0 Å². The van der Waals surface area contributed by atoms with E-state index in [0.717, 1.165) is 20.8 Å². The van der Waals surface area contributed by atoms with E-state index in [4.69, 9.17) is 4.98 Å². The molecule has 1 N–H and O–H groups in total. The lowest BCUT2D eigenvalue weighted by Gasteiger charge is -2.18. The van der Waals surface area contributed by atoms with Gasteiger partial charge in [-0.05, 0) is 19.9 Å². The zero-order chi connectivity index (χ0) is 12.8. The van der Waals surface area contributed by atoms with Crippen molar-refractivity contribution in [2.45, 2.75) is 45.6 Å². The van der Waals surface area contributed by atoms with Gasteiger partial charge in [-0.3, -0.25) is 0 Å². The van der Waals surface area contributed by atoms with Crippen LogP contribution in [0.2, 0.25) is 0 Å². The van der Waals surface area contributed by atoms with Crippen LogP contribution < -0.4 is 0 Å². The van der Waals surface area contributed by atoms with E-state index >= 15 is 0 Å². The van der Waals surface area contributed by atoms with Crippen LogP contribution in [0.15, 0.2) is 18.2 Å². The van der Waals surface area contributed by atoms with E-state index in [1.54, 1.807) is 25.2 Å². The summed E-state index contributed by atoms with van der Waals surface area (Å²) in [6, 6.07) is 6.01. The van der Waals surface area contributed by atoms with Crippen LogP contribution >= 0.6 is 11.3 Å². The number of aliphatic hydroxyl groups is 1. The van der Waals surface area contributed by atoms with Gasteiger partial charge in [0.05, 0.1) is 20.8 Å². The van der Waals surface area contributed by atoms with Crippen molar-refractivity contribution in [2.24, 2.45) is 0 Å². The molecule has 1 heterocycles. The van der Waals surface area contributed by atoms with Crippen LogP contribution in [-0.2, 0) is 11.0 Å². The van der Waals surface area contributed by atoms with E-state index in [9.17, 15) is 5.11 Å². The van der Waals surface area contributed by atoms with Gasteiger partial charge in [0, 0.05) is 11.0 Å². The maximum Gasteiger partial charge on any atom is 0.0992 e. The Bertz CT molecular complexity index is 543. The van der Waals surface area contributed by atoms with Crippen molar-refractivity contribution in [3.63, 3.8) is 0 Å². The summed E-state index contributed by atoms with van der Waals surface area (Å²) in [5.41, 5.74) is 1.06. The maximum absolute atomic E-state index is 10.2. The predicted molar refractivity (Wildman–Crippen MR) is 73.6 cm³/mol. The lowest BCUT2D eigenvalue weighted by molar-refractivity contribution is 0.0800. The lowest BCUT2D eigenvalue weighted by Crippen LogP contribution is -2.16. The second-order valence-electron chi connectivity index (χ2n) is 5.98. The zero-order valence-corrected chi connectivity index (χ0v) is 11.9. The molecule has 0 amide bonds. The highest BCUT2D eigenvalue weighted by Gasteiger charge is 2.24. The SMILES string of the molecule is CC(C)(C)c1nc2c(C(C)(C)O)cccc2s1. The monoisotopic (exact) mass is 249 g/mol. The van der Waals surface area contributed by atoms with E-state index < -0.39 is 5.60 Å². The largest absolute Gasteiger partial charge is 0.386 e. The van der Waals surface area contributed by atoms with Crippen molar-refractivity contribution < 1.29 is 5.11 Å². The summed E-state index contributed by atoms with van der Waals surface area (Å²) in [6.07, 6.45) is 0. The molecule has 0 saturated heterocycles. The molecule has 0 aliphatic rings. The molecule has 0 atom stereocenters. The molecule has 0 spiro atoms. The first-order valence-corrected chi connectivity index (χ1v) is 6.64. The van der Waals surface area contributed by atoms with Crippen molar-refractivity contribution >= 4 is 21.6 Å². The molecule has 0 radical (unpaired) electrons. The fourth-order valence-corrected chi connectivity index (χ4v) is 2.81. The summed E-state index contributed by atoms with van der Waals surface area (Å²) in [5.74, 6) is 0. The van der Waals surface area contributed by atoms with Crippen LogP contribution in [0.1, 0.15) is 45.2 Å². The van der Waals surface area contributed by atoms with Gasteiger partial charge in [-0.1, -0.05) is 32.9 Å². The van der Waals surface area contributed by atoms with Gasteiger partial charge in [0.2, 0.25) is 0 Å². The molecule has 0 fully saturated rings. The van der Waals surface area contributed by atoms with Crippen LogP contribution in [0.4, 0.5) is 0 Å². The third-order valence-corrected chi connectivity index (χ3v) is 4.17. The molecular formula is C14H19NOS. The molecule has 0 aliphatic carbocycles. The summed E-state index contributed by atoms with van der Waals surface area (Å²) in [5, 5.41) is 11.3. The van der Waals surface area contributed by atoms with Gasteiger partial charge in [-0.25, -0.2) is 4.98 Å². The summed E-state index contributed by atoms with van der Waals surface area (Å²) >= 11 is 1.71. The first-order chi connectivity index (χ1) is 7.69. The minimum atomic E-state index is -0.845. The number of fused-ring (bicyclic) bond motifs is 1. The maximum atomic E-state index is 10.2. The van der Waals surface area contributed by atoms with Crippen molar-refractivity contribution in [1.29, 1.82) is 0 Å². The predicted octanol–water partition coefficient (Wildman–Crippen LogP) is 3.82. The number of hydrogen-bond acceptors (Lipinski definition) is 3. The fourth-order valence-electron chi connectivity index (χ4n) is 1.76. The van der Waals surface area contributed by atoms with E-state index in [1.165, 1.54) is 0 Å². The Morgan fingerprint density at radius 1 is 1.12 bits per heavy atom. The minimum absolute atomic E-state index is 0.0561. The summed E-state index contributed by atoms with van der Waals surface area (Å²) < 4.78 is 1.15. The van der Waals surface area contributed by atoms with Crippen molar-refractivity contribution in [3.8, 4) is 0 Å². The molecule has 17 heavy (non-hydrogen) atoms. The van der Waals surface area contributed by atoms with Crippen LogP contribution in [0.25, 0.3) is 10.2 Å². The van der Waals surface area contributed by atoms with Crippen LogP contribution in [0.3, 0.4) is 0 Å². The van der Waals surface area contributed by atoms with Gasteiger partial charge < -0.3 is 5.11 Å². The second kappa shape index (κ2) is 3.79. The molecule has 2 nitrogen and oxygen atoms in total. The summed E-state index contributed by atoms with van der Waals surface area (Å²) in [7, 11) is 0. The Hall–Kier alpha value is -0.930. The van der Waals surface area contributed by atoms with Crippen molar-refractivity contribution in [1.82, 2.24) is 4.98 Å². The molecule has 3 heteroatoms. The fraction of sp³-hybridized carbons (Fsp3) is 0.500. The van der Waals surface area contributed by atoms with Gasteiger partial charge in [0.1, 0.15) is 0 Å². The number of thiazole rings is 1. The van der Waals surface area contributed by atoms with Crippen LogP contribution in [-0.4, -0.2) is 10.1 Å². The standard InChI is InChI=1S/C14H19NOS/c1-13(2,3)12-15-11-9(14(4,5)16)7-6-8-10(11)17-12/h6-8,16H,1-5H3. The smallest absolute Gasteiger partial charge is 0.0992 e. The lowest BCUT2D eigenvalue weighted by atomic mass is 9.96. The third kappa shape index (κ3) is 2.35. The summed E-state index contributed by atoms with van der Waals surface area (Å²) in [6.45, 7) is 10.1. The highest BCUT2D eigenvalue weighted by molar-refractivity contribution is 7.18. The number of nitrogens with zero attached hydrogens (tertiary/aromatic N) is 1. The van der Waals surface area contributed by atoms with Gasteiger partial charge in [-0.2, -0.15) is 0 Å². The Kier molecular flexibility index (Phi) is 2.79. The topological polar surface area (TPSA) is 33.1 Å². The average molecular weight is 249 g/mol. The van der Waals surface area contributed by atoms with Crippen LogP contribution in [0.5, 0.6) is 0 Å². The molecule has 2 rings (SSSR count). The third-order valence-electron chi connectivity index (χ3n) is 2.72. The number of aromatic nitrogens is 1. The Morgan fingerprint density at radius 3 is 2.29 bits per heavy atom. The normalized spacial score (nSPS) is 13.3. The molecule has 0 aliphatic heterocycles. The van der Waals surface area contributed by atoms with E-state index in [0.29, 0.717) is 0 Å². The molecule has 1 aromatic heterocycles. The number of hydrogen-bond donors (Lipinski definition) is 1.